The highest BCUT2D eigenvalue weighted by molar-refractivity contribution is 14.1. The van der Waals surface area contributed by atoms with Gasteiger partial charge in [0.25, 0.3) is 0 Å². The van der Waals surface area contributed by atoms with Crippen molar-refractivity contribution in [2.45, 2.75) is 65.1 Å². The zero-order valence-electron chi connectivity index (χ0n) is 25.0. The van der Waals surface area contributed by atoms with E-state index in [0.717, 1.165) is 0 Å². The first-order valence-electron chi connectivity index (χ1n) is 14.0. The fraction of sp³-hybridized carbons (Fsp3) is 0.387. The lowest BCUT2D eigenvalue weighted by atomic mass is 9.79. The second-order valence-electron chi connectivity index (χ2n) is 10.4. The standard InChI is InChI=1S/C31H32IN3O10/c1-17(36)41-15-23-14-26(43-18(2)37)27(30(45-20(4)39)29(23)44-19(3)38)35-31(32)25(33-34-35)16-42-24-12-10-22(11-13-24)28(40)21-8-6-5-7-9-21/h5-13,23,26-27,29-30H,14-16H2,1-4H3. The average molecular weight is 734 g/mol. The van der Waals surface area contributed by atoms with Gasteiger partial charge < -0.3 is 23.7 Å². The molecule has 1 aliphatic rings. The zero-order chi connectivity index (χ0) is 32.7. The second kappa shape index (κ2) is 15.1. The molecule has 1 heterocycles. The van der Waals surface area contributed by atoms with Crippen molar-refractivity contribution in [3.05, 3.63) is 75.1 Å². The number of carbonyl (C=O) groups excluding carboxylic acids is 5. The molecule has 1 aromatic heterocycles. The largest absolute Gasteiger partial charge is 0.487 e. The van der Waals surface area contributed by atoms with Gasteiger partial charge in [-0.15, -0.1) is 5.10 Å². The molecule has 45 heavy (non-hydrogen) atoms. The van der Waals surface area contributed by atoms with Crippen LogP contribution in [0.2, 0.25) is 0 Å². The average Bonchev–Trinajstić information content (AvgIpc) is 3.35. The maximum atomic E-state index is 12.7. The molecule has 1 saturated carbocycles. The summed E-state index contributed by atoms with van der Waals surface area (Å²) in [6.07, 6.45) is -3.05. The van der Waals surface area contributed by atoms with Gasteiger partial charge in [-0.05, 0) is 53.3 Å². The molecular formula is C31H32IN3O10. The second-order valence-corrected chi connectivity index (χ2v) is 11.4. The van der Waals surface area contributed by atoms with Crippen LogP contribution in [0.5, 0.6) is 5.75 Å². The molecule has 238 valence electrons. The van der Waals surface area contributed by atoms with Crippen LogP contribution in [0.4, 0.5) is 0 Å². The number of ketones is 1. The van der Waals surface area contributed by atoms with Crippen molar-refractivity contribution in [1.82, 2.24) is 15.0 Å². The summed E-state index contributed by atoms with van der Waals surface area (Å²) in [5.74, 6) is -2.77. The molecule has 5 unspecified atom stereocenters. The van der Waals surface area contributed by atoms with Crippen molar-refractivity contribution in [2.75, 3.05) is 6.61 Å². The van der Waals surface area contributed by atoms with Gasteiger partial charge >= 0.3 is 23.9 Å². The van der Waals surface area contributed by atoms with Gasteiger partial charge in [-0.3, -0.25) is 24.0 Å². The van der Waals surface area contributed by atoms with E-state index in [1.807, 2.05) is 28.7 Å². The third-order valence-corrected chi connectivity index (χ3v) is 8.09. The van der Waals surface area contributed by atoms with Crippen LogP contribution >= 0.6 is 22.6 Å². The number of esters is 4. The summed E-state index contributed by atoms with van der Waals surface area (Å²) in [5.41, 5.74) is 1.51. The third-order valence-electron chi connectivity index (χ3n) is 6.97. The summed E-state index contributed by atoms with van der Waals surface area (Å²) in [4.78, 5) is 60.9. The number of hydrogen-bond acceptors (Lipinski definition) is 12. The molecular weight excluding hydrogens is 701 g/mol. The number of carbonyl (C=O) groups is 5. The van der Waals surface area contributed by atoms with Crippen molar-refractivity contribution in [3.8, 4) is 5.75 Å². The topological polar surface area (TPSA) is 162 Å². The molecule has 0 saturated heterocycles. The van der Waals surface area contributed by atoms with Crippen LogP contribution in [0.25, 0.3) is 0 Å². The molecule has 0 bridgehead atoms. The van der Waals surface area contributed by atoms with Crippen molar-refractivity contribution in [2.24, 2.45) is 5.92 Å². The van der Waals surface area contributed by atoms with Crippen LogP contribution in [-0.2, 0) is 44.7 Å². The normalized spacial score (nSPS) is 20.9. The summed E-state index contributed by atoms with van der Waals surface area (Å²) in [5, 5.41) is 8.53. The van der Waals surface area contributed by atoms with Crippen LogP contribution in [0.1, 0.15) is 61.8 Å². The lowest BCUT2D eigenvalue weighted by Gasteiger charge is -2.44. The summed E-state index contributed by atoms with van der Waals surface area (Å²) in [6.45, 7) is 4.71. The van der Waals surface area contributed by atoms with Crippen molar-refractivity contribution >= 4 is 52.3 Å². The highest BCUT2D eigenvalue weighted by Crippen LogP contribution is 2.40. The Labute approximate surface area is 272 Å². The highest BCUT2D eigenvalue weighted by Gasteiger charge is 2.52. The molecule has 5 atom stereocenters. The van der Waals surface area contributed by atoms with Crippen LogP contribution in [0.15, 0.2) is 54.6 Å². The molecule has 0 radical (unpaired) electrons. The fourth-order valence-electron chi connectivity index (χ4n) is 5.15. The summed E-state index contributed by atoms with van der Waals surface area (Å²) in [6, 6.07) is 14.7. The molecule has 1 fully saturated rings. The van der Waals surface area contributed by atoms with Gasteiger partial charge in [0.05, 0.1) is 6.61 Å². The molecule has 0 amide bonds. The smallest absolute Gasteiger partial charge is 0.303 e. The highest BCUT2D eigenvalue weighted by atomic mass is 127. The van der Waals surface area contributed by atoms with Gasteiger partial charge in [0.2, 0.25) is 0 Å². The van der Waals surface area contributed by atoms with Crippen LogP contribution in [-0.4, -0.2) is 69.6 Å². The van der Waals surface area contributed by atoms with Crippen molar-refractivity contribution in [3.63, 3.8) is 0 Å². The Balaban J connectivity index is 1.59. The molecule has 3 aromatic rings. The Kier molecular flexibility index (Phi) is 11.3. The van der Waals surface area contributed by atoms with E-state index < -0.39 is 54.1 Å². The van der Waals surface area contributed by atoms with E-state index in [4.69, 9.17) is 23.7 Å². The first-order chi connectivity index (χ1) is 21.4. The van der Waals surface area contributed by atoms with Crippen molar-refractivity contribution in [1.29, 1.82) is 0 Å². The molecule has 1 aliphatic carbocycles. The molecule has 0 spiro atoms. The monoisotopic (exact) mass is 733 g/mol. The predicted molar refractivity (Wildman–Crippen MR) is 164 cm³/mol. The minimum atomic E-state index is -1.18. The lowest BCUT2D eigenvalue weighted by molar-refractivity contribution is -0.200. The van der Waals surface area contributed by atoms with E-state index in [1.54, 1.807) is 48.5 Å². The number of rotatable bonds is 11. The van der Waals surface area contributed by atoms with E-state index in [-0.39, 0.29) is 25.4 Å². The van der Waals surface area contributed by atoms with Crippen molar-refractivity contribution < 1.29 is 47.7 Å². The Morgan fingerprint density at radius 1 is 0.800 bits per heavy atom. The maximum Gasteiger partial charge on any atom is 0.303 e. The molecule has 2 aromatic carbocycles. The molecule has 0 N–H and O–H groups in total. The van der Waals surface area contributed by atoms with Gasteiger partial charge in [-0.2, -0.15) is 0 Å². The summed E-state index contributed by atoms with van der Waals surface area (Å²) < 4.78 is 30.0. The fourth-order valence-corrected chi connectivity index (χ4v) is 5.83. The number of hydrogen-bond donors (Lipinski definition) is 0. The van der Waals surface area contributed by atoms with Gasteiger partial charge in [0.15, 0.2) is 11.9 Å². The third kappa shape index (κ3) is 8.65. The van der Waals surface area contributed by atoms with E-state index in [9.17, 15) is 24.0 Å². The van der Waals surface area contributed by atoms with Crippen LogP contribution < -0.4 is 4.74 Å². The quantitative estimate of drug-likeness (QED) is 0.122. The minimum absolute atomic E-state index is 0.00408. The van der Waals surface area contributed by atoms with E-state index >= 15 is 0 Å². The Bertz CT molecular complexity index is 1540. The number of aromatic nitrogens is 3. The number of benzene rings is 2. The van der Waals surface area contributed by atoms with Gasteiger partial charge in [0, 0.05) is 44.7 Å². The predicted octanol–water partition coefficient (Wildman–Crippen LogP) is 3.61. The lowest BCUT2D eigenvalue weighted by Crippen LogP contribution is -2.56. The van der Waals surface area contributed by atoms with E-state index in [1.165, 1.54) is 32.4 Å². The minimum Gasteiger partial charge on any atom is -0.487 e. The van der Waals surface area contributed by atoms with Crippen LogP contribution in [0, 0.1) is 9.62 Å². The zero-order valence-corrected chi connectivity index (χ0v) is 27.2. The van der Waals surface area contributed by atoms with Crippen LogP contribution in [0.3, 0.4) is 0 Å². The summed E-state index contributed by atoms with van der Waals surface area (Å²) in [7, 11) is 0. The molecule has 14 heteroatoms. The first kappa shape index (κ1) is 33.6. The number of ether oxygens (including phenoxy) is 5. The first-order valence-corrected chi connectivity index (χ1v) is 15.1. The van der Waals surface area contributed by atoms with Gasteiger partial charge in [-0.25, -0.2) is 4.68 Å². The summed E-state index contributed by atoms with van der Waals surface area (Å²) >= 11 is 2.01. The van der Waals surface area contributed by atoms with Gasteiger partial charge in [0.1, 0.15) is 40.0 Å². The SMILES string of the molecule is CC(=O)OCC1CC(OC(C)=O)C(n2nnc(COc3ccc(C(=O)c4ccccc4)cc3)c2I)C(OC(C)=O)C1OC(C)=O. The number of halogens is 1. The Hall–Kier alpha value is -4.34. The maximum absolute atomic E-state index is 12.7. The van der Waals surface area contributed by atoms with E-state index in [2.05, 4.69) is 10.3 Å². The Morgan fingerprint density at radius 3 is 2.00 bits per heavy atom. The molecule has 0 aliphatic heterocycles. The van der Waals surface area contributed by atoms with Gasteiger partial charge in [-0.1, -0.05) is 35.5 Å². The van der Waals surface area contributed by atoms with E-state index in [0.29, 0.717) is 26.3 Å². The Morgan fingerprint density at radius 2 is 1.40 bits per heavy atom. The number of nitrogens with zero attached hydrogens (tertiary/aromatic N) is 3. The molecule has 4 rings (SSSR count). The molecule has 13 nitrogen and oxygen atoms in total.